The fraction of sp³-hybridized carbons (Fsp3) is 0.692. The minimum atomic E-state index is -1.54. The van der Waals surface area contributed by atoms with E-state index in [9.17, 15) is 0 Å². The van der Waals surface area contributed by atoms with Crippen LogP contribution in [0, 0.1) is 0 Å². The molecule has 0 saturated carbocycles. The van der Waals surface area contributed by atoms with Crippen molar-refractivity contribution in [3.63, 3.8) is 0 Å². The van der Waals surface area contributed by atoms with Crippen LogP contribution in [0.1, 0.15) is 33.6 Å². The van der Waals surface area contributed by atoms with Crippen LogP contribution in [0.2, 0.25) is 19.3 Å². The molecular formula is C13H26Sn. The van der Waals surface area contributed by atoms with E-state index in [0.717, 1.165) is 0 Å². The first-order valence-corrected chi connectivity index (χ1v) is 16.2. The molecule has 0 fully saturated rings. The molecule has 0 N–H and O–H groups in total. The van der Waals surface area contributed by atoms with Crippen LogP contribution in [0.5, 0.6) is 0 Å². The number of rotatable bonds is 5. The summed E-state index contributed by atoms with van der Waals surface area (Å²) >= 11 is -1.54. The van der Waals surface area contributed by atoms with Gasteiger partial charge in [-0.1, -0.05) is 0 Å². The molecule has 1 heteroatoms. The Labute approximate surface area is 94.4 Å². The zero-order valence-electron chi connectivity index (χ0n) is 10.8. The molecular weight excluding hydrogens is 275 g/mol. The molecule has 0 saturated heterocycles. The van der Waals surface area contributed by atoms with Gasteiger partial charge in [0.25, 0.3) is 0 Å². The van der Waals surface area contributed by atoms with Gasteiger partial charge in [0, 0.05) is 0 Å². The molecule has 0 rings (SSSR count). The predicted octanol–water partition coefficient (Wildman–Crippen LogP) is 5.02. The second kappa shape index (κ2) is 6.71. The summed E-state index contributed by atoms with van der Waals surface area (Å²) in [5, 5.41) is 0. The van der Waals surface area contributed by atoms with Crippen LogP contribution in [0.4, 0.5) is 0 Å². The molecule has 0 heterocycles. The third kappa shape index (κ3) is 10.4. The van der Waals surface area contributed by atoms with Crippen molar-refractivity contribution in [3.05, 3.63) is 23.3 Å². The molecule has 0 aromatic heterocycles. The standard InChI is InChI=1S/C10H17.3CH3.Sn/c1-5-10(4)8-6-7-9(2)3;;;;/h5,7H,1,6,8H2,2-4H3;3*1H3;/b10-5-;;;;. The van der Waals surface area contributed by atoms with Gasteiger partial charge in [0.2, 0.25) is 0 Å². The molecule has 0 spiro atoms. The van der Waals surface area contributed by atoms with E-state index < -0.39 is 18.4 Å². The van der Waals surface area contributed by atoms with Gasteiger partial charge < -0.3 is 0 Å². The summed E-state index contributed by atoms with van der Waals surface area (Å²) in [6, 6.07) is 0. The van der Waals surface area contributed by atoms with Crippen molar-refractivity contribution in [2.45, 2.75) is 52.9 Å². The molecule has 14 heavy (non-hydrogen) atoms. The first kappa shape index (κ1) is 14.3. The average molecular weight is 301 g/mol. The monoisotopic (exact) mass is 302 g/mol. The summed E-state index contributed by atoms with van der Waals surface area (Å²) in [5.74, 6) is 0. The van der Waals surface area contributed by atoms with Crippen molar-refractivity contribution in [2.75, 3.05) is 0 Å². The third-order valence-electron chi connectivity index (χ3n) is 2.15. The number of hydrogen-bond donors (Lipinski definition) is 0. The van der Waals surface area contributed by atoms with E-state index in [1.54, 1.807) is 5.57 Å². The molecule has 0 bridgehead atoms. The van der Waals surface area contributed by atoms with Gasteiger partial charge >= 0.3 is 94.5 Å². The van der Waals surface area contributed by atoms with Crippen LogP contribution >= 0.6 is 0 Å². The van der Waals surface area contributed by atoms with E-state index >= 15 is 0 Å². The van der Waals surface area contributed by atoms with Crippen LogP contribution in [0.3, 0.4) is 0 Å². The Morgan fingerprint density at radius 1 is 1.00 bits per heavy atom. The van der Waals surface area contributed by atoms with Crippen LogP contribution < -0.4 is 0 Å². The Kier molecular flexibility index (Phi) is 6.84. The Morgan fingerprint density at radius 2 is 1.57 bits per heavy atom. The summed E-state index contributed by atoms with van der Waals surface area (Å²) in [6.07, 6.45) is 7.27. The molecule has 0 aromatic carbocycles. The van der Waals surface area contributed by atoms with Crippen LogP contribution in [0.25, 0.3) is 0 Å². The van der Waals surface area contributed by atoms with Crippen LogP contribution in [-0.4, -0.2) is 18.4 Å². The molecule has 0 amide bonds. The van der Waals surface area contributed by atoms with Crippen molar-refractivity contribution in [3.8, 4) is 0 Å². The quantitative estimate of drug-likeness (QED) is 0.494. The van der Waals surface area contributed by atoms with Gasteiger partial charge in [-0.3, -0.25) is 0 Å². The summed E-state index contributed by atoms with van der Waals surface area (Å²) in [7, 11) is 0. The molecule has 0 aliphatic carbocycles. The van der Waals surface area contributed by atoms with E-state index in [2.05, 4.69) is 47.7 Å². The summed E-state index contributed by atoms with van der Waals surface area (Å²) in [4.78, 5) is 7.48. The number of hydrogen-bond acceptors (Lipinski definition) is 0. The zero-order chi connectivity index (χ0) is 11.2. The Bertz CT molecular complexity index is 212. The second-order valence-corrected chi connectivity index (χ2v) is 21.4. The predicted molar refractivity (Wildman–Crippen MR) is 70.6 cm³/mol. The van der Waals surface area contributed by atoms with Gasteiger partial charge in [-0.2, -0.15) is 0 Å². The van der Waals surface area contributed by atoms with Crippen LogP contribution in [0.15, 0.2) is 23.3 Å². The van der Waals surface area contributed by atoms with Crippen molar-refractivity contribution < 1.29 is 0 Å². The molecule has 0 aliphatic rings. The Hall–Kier alpha value is 0.279. The van der Waals surface area contributed by atoms with E-state index in [4.69, 9.17) is 0 Å². The fourth-order valence-electron chi connectivity index (χ4n) is 1.17. The summed E-state index contributed by atoms with van der Waals surface area (Å²) in [5.41, 5.74) is 3.02. The van der Waals surface area contributed by atoms with Gasteiger partial charge in [-0.15, -0.1) is 0 Å². The SMILES string of the molecule is CC(C)=CCC/C(C)=C\[CH2][Sn]([CH3])([CH3])[CH3]. The third-order valence-corrected chi connectivity index (χ3v) is 6.23. The second-order valence-electron chi connectivity index (χ2n) is 5.64. The molecule has 0 radical (unpaired) electrons. The molecule has 0 atom stereocenters. The van der Waals surface area contributed by atoms with Crippen LogP contribution in [-0.2, 0) is 0 Å². The van der Waals surface area contributed by atoms with E-state index in [-0.39, 0.29) is 0 Å². The van der Waals surface area contributed by atoms with E-state index in [1.165, 1.54) is 22.9 Å². The van der Waals surface area contributed by atoms with Gasteiger partial charge in [-0.05, 0) is 0 Å². The Morgan fingerprint density at radius 3 is 2.00 bits per heavy atom. The van der Waals surface area contributed by atoms with Gasteiger partial charge in [-0.25, -0.2) is 0 Å². The molecule has 0 aromatic rings. The van der Waals surface area contributed by atoms with Crippen molar-refractivity contribution in [1.29, 1.82) is 0 Å². The average Bonchev–Trinajstić information content (AvgIpc) is 1.99. The van der Waals surface area contributed by atoms with E-state index in [1.807, 2.05) is 0 Å². The first-order valence-electron chi connectivity index (χ1n) is 5.60. The maximum atomic E-state index is 2.49. The maximum absolute atomic E-state index is 2.49. The van der Waals surface area contributed by atoms with Crippen molar-refractivity contribution in [2.24, 2.45) is 0 Å². The van der Waals surface area contributed by atoms with E-state index in [0.29, 0.717) is 0 Å². The Balaban J connectivity index is 3.85. The molecule has 0 aliphatic heterocycles. The minimum absolute atomic E-state index is 1.21. The van der Waals surface area contributed by atoms with Gasteiger partial charge in [0.1, 0.15) is 0 Å². The summed E-state index contributed by atoms with van der Waals surface area (Å²) < 4.78 is 1.40. The topological polar surface area (TPSA) is 0 Å². The van der Waals surface area contributed by atoms with Crippen molar-refractivity contribution >= 4 is 18.4 Å². The van der Waals surface area contributed by atoms with Crippen molar-refractivity contribution in [1.82, 2.24) is 0 Å². The van der Waals surface area contributed by atoms with Gasteiger partial charge in [0.05, 0.1) is 0 Å². The number of allylic oxidation sites excluding steroid dienone is 4. The molecule has 0 nitrogen and oxygen atoms in total. The first-order chi connectivity index (χ1) is 6.31. The molecule has 82 valence electrons. The van der Waals surface area contributed by atoms with Gasteiger partial charge in [0.15, 0.2) is 0 Å². The normalized spacial score (nSPS) is 12.9. The fourth-order valence-corrected chi connectivity index (χ4v) is 3.91. The summed E-state index contributed by atoms with van der Waals surface area (Å²) in [6.45, 7) is 6.62. The zero-order valence-corrected chi connectivity index (χ0v) is 13.6. The molecule has 0 unspecified atom stereocenters.